The molecule has 2 saturated heterocycles. The average molecular weight is 440 g/mol. The third-order valence-electron chi connectivity index (χ3n) is 6.23. The molecule has 2 heterocycles. The minimum Gasteiger partial charge on any atom is -0.338 e. The van der Waals surface area contributed by atoms with E-state index in [-0.39, 0.29) is 17.7 Å². The topological polar surface area (TPSA) is 52.7 Å². The number of carbonyl (C=O) groups is 2. The van der Waals surface area contributed by atoms with E-state index in [1.165, 1.54) is 37.9 Å². The van der Waals surface area contributed by atoms with E-state index in [4.69, 9.17) is 11.6 Å². The van der Waals surface area contributed by atoms with Gasteiger partial charge in [0, 0.05) is 35.9 Å². The van der Waals surface area contributed by atoms with Crippen LogP contribution in [0.4, 0.5) is 5.69 Å². The molecule has 2 aliphatic rings. The molecular weight excluding hydrogens is 410 g/mol. The van der Waals surface area contributed by atoms with Crippen LogP contribution in [0.3, 0.4) is 0 Å². The first-order valence-corrected chi connectivity index (χ1v) is 11.6. The van der Waals surface area contributed by atoms with Gasteiger partial charge in [0.15, 0.2) is 0 Å². The van der Waals surface area contributed by atoms with Crippen LogP contribution in [-0.4, -0.2) is 47.8 Å². The number of halogens is 1. The van der Waals surface area contributed by atoms with Gasteiger partial charge in [-0.1, -0.05) is 36.2 Å². The first-order chi connectivity index (χ1) is 15.1. The molecule has 1 unspecified atom stereocenters. The highest BCUT2D eigenvalue weighted by Gasteiger charge is 2.29. The largest absolute Gasteiger partial charge is 0.338 e. The quantitative estimate of drug-likeness (QED) is 0.726. The third kappa shape index (κ3) is 5.86. The molecule has 1 atom stereocenters. The molecule has 2 aromatic rings. The van der Waals surface area contributed by atoms with Gasteiger partial charge in [-0.2, -0.15) is 0 Å². The highest BCUT2D eigenvalue weighted by molar-refractivity contribution is 6.30. The van der Waals surface area contributed by atoms with Gasteiger partial charge in [0.25, 0.3) is 5.91 Å². The Kier molecular flexibility index (Phi) is 7.25. The fourth-order valence-corrected chi connectivity index (χ4v) is 4.68. The molecule has 0 aliphatic carbocycles. The SMILES string of the molecule is O=C(Nc1ccc(CN2CCCCC2)cc1)C1CCCN(C(=O)c2cccc(Cl)c2)C1. The van der Waals surface area contributed by atoms with Crippen LogP contribution in [-0.2, 0) is 11.3 Å². The Morgan fingerprint density at radius 1 is 0.968 bits per heavy atom. The Hall–Kier alpha value is -2.37. The monoisotopic (exact) mass is 439 g/mol. The van der Waals surface area contributed by atoms with E-state index in [0.717, 1.165) is 25.1 Å². The molecule has 0 saturated carbocycles. The minimum absolute atomic E-state index is 0.0209. The van der Waals surface area contributed by atoms with E-state index in [1.807, 2.05) is 12.1 Å². The van der Waals surface area contributed by atoms with Gasteiger partial charge in [-0.15, -0.1) is 0 Å². The van der Waals surface area contributed by atoms with E-state index >= 15 is 0 Å². The zero-order valence-electron chi connectivity index (χ0n) is 17.9. The molecule has 5 nitrogen and oxygen atoms in total. The summed E-state index contributed by atoms with van der Waals surface area (Å²) < 4.78 is 0. The maximum absolute atomic E-state index is 12.8. The number of amides is 2. The fourth-order valence-electron chi connectivity index (χ4n) is 4.49. The molecule has 2 aromatic carbocycles. The molecule has 2 aliphatic heterocycles. The highest BCUT2D eigenvalue weighted by atomic mass is 35.5. The number of benzene rings is 2. The van der Waals surface area contributed by atoms with Gasteiger partial charge in [-0.25, -0.2) is 0 Å². The van der Waals surface area contributed by atoms with Crippen LogP contribution in [0.25, 0.3) is 0 Å². The Labute approximate surface area is 189 Å². The van der Waals surface area contributed by atoms with Crippen LogP contribution in [0.2, 0.25) is 5.02 Å². The zero-order chi connectivity index (χ0) is 21.6. The van der Waals surface area contributed by atoms with Gasteiger partial charge in [-0.3, -0.25) is 14.5 Å². The number of hydrogen-bond donors (Lipinski definition) is 1. The van der Waals surface area contributed by atoms with Gasteiger partial charge in [0.05, 0.1) is 5.92 Å². The Morgan fingerprint density at radius 3 is 2.48 bits per heavy atom. The Balaban J connectivity index is 1.32. The summed E-state index contributed by atoms with van der Waals surface area (Å²) in [5.74, 6) is -0.292. The Bertz CT molecular complexity index is 909. The fraction of sp³-hybridized carbons (Fsp3) is 0.440. The maximum Gasteiger partial charge on any atom is 0.253 e. The van der Waals surface area contributed by atoms with E-state index in [1.54, 1.807) is 29.2 Å². The molecule has 6 heteroatoms. The summed E-state index contributed by atoms with van der Waals surface area (Å²) in [6, 6.07) is 15.1. The maximum atomic E-state index is 12.8. The molecule has 0 bridgehead atoms. The second kappa shape index (κ2) is 10.3. The first-order valence-electron chi connectivity index (χ1n) is 11.3. The molecule has 2 amide bonds. The normalized spacial score (nSPS) is 19.8. The summed E-state index contributed by atoms with van der Waals surface area (Å²) in [7, 11) is 0. The van der Waals surface area contributed by atoms with Crippen molar-refractivity contribution in [3.05, 3.63) is 64.7 Å². The average Bonchev–Trinajstić information content (AvgIpc) is 2.80. The summed E-state index contributed by atoms with van der Waals surface area (Å²) in [5.41, 5.74) is 2.65. The lowest BCUT2D eigenvalue weighted by Gasteiger charge is -2.32. The van der Waals surface area contributed by atoms with Gasteiger partial charge in [0.2, 0.25) is 5.91 Å². The lowest BCUT2D eigenvalue weighted by atomic mass is 9.96. The minimum atomic E-state index is -0.204. The first kappa shape index (κ1) is 21.8. The summed E-state index contributed by atoms with van der Waals surface area (Å²) in [5, 5.41) is 3.58. The van der Waals surface area contributed by atoms with Crippen LogP contribution in [0.5, 0.6) is 0 Å². The number of carbonyl (C=O) groups excluding carboxylic acids is 2. The number of nitrogens with zero attached hydrogens (tertiary/aromatic N) is 2. The second-order valence-electron chi connectivity index (χ2n) is 8.62. The standard InChI is InChI=1S/C25H30ClN3O2/c26-22-8-4-6-20(16-22)25(31)29-15-5-7-21(18-29)24(30)27-23-11-9-19(10-12-23)17-28-13-2-1-3-14-28/h4,6,8-12,16,21H,1-3,5,7,13-15,17-18H2,(H,27,30). The van der Waals surface area contributed by atoms with E-state index in [2.05, 4.69) is 22.3 Å². The molecule has 31 heavy (non-hydrogen) atoms. The summed E-state index contributed by atoms with van der Waals surface area (Å²) in [6.45, 7) is 4.41. The zero-order valence-corrected chi connectivity index (χ0v) is 18.6. The van der Waals surface area contributed by atoms with Crippen molar-refractivity contribution in [3.63, 3.8) is 0 Å². The lowest BCUT2D eigenvalue weighted by Crippen LogP contribution is -2.43. The van der Waals surface area contributed by atoms with Crippen LogP contribution in [0.15, 0.2) is 48.5 Å². The van der Waals surface area contributed by atoms with E-state index in [0.29, 0.717) is 23.7 Å². The lowest BCUT2D eigenvalue weighted by molar-refractivity contribution is -0.121. The Morgan fingerprint density at radius 2 is 1.74 bits per heavy atom. The van der Waals surface area contributed by atoms with Crippen LogP contribution in [0.1, 0.15) is 48.0 Å². The van der Waals surface area contributed by atoms with Crippen molar-refractivity contribution in [1.82, 2.24) is 9.80 Å². The number of rotatable bonds is 5. The van der Waals surface area contributed by atoms with Gasteiger partial charge in [0.1, 0.15) is 0 Å². The predicted molar refractivity (Wildman–Crippen MR) is 124 cm³/mol. The summed E-state index contributed by atoms with van der Waals surface area (Å²) >= 11 is 6.03. The summed E-state index contributed by atoms with van der Waals surface area (Å²) in [6.07, 6.45) is 5.51. The van der Waals surface area contributed by atoms with Crippen LogP contribution >= 0.6 is 11.6 Å². The van der Waals surface area contributed by atoms with Crippen molar-refractivity contribution in [2.24, 2.45) is 5.92 Å². The molecular formula is C25H30ClN3O2. The molecule has 1 N–H and O–H groups in total. The van der Waals surface area contributed by atoms with Crippen molar-refractivity contribution >= 4 is 29.1 Å². The molecule has 4 rings (SSSR count). The van der Waals surface area contributed by atoms with Crippen molar-refractivity contribution in [2.75, 3.05) is 31.5 Å². The third-order valence-corrected chi connectivity index (χ3v) is 6.46. The smallest absolute Gasteiger partial charge is 0.253 e. The highest BCUT2D eigenvalue weighted by Crippen LogP contribution is 2.22. The molecule has 2 fully saturated rings. The van der Waals surface area contributed by atoms with Crippen molar-refractivity contribution in [2.45, 2.75) is 38.6 Å². The van der Waals surface area contributed by atoms with E-state index in [9.17, 15) is 9.59 Å². The summed E-state index contributed by atoms with van der Waals surface area (Å²) in [4.78, 5) is 29.9. The second-order valence-corrected chi connectivity index (χ2v) is 9.06. The predicted octanol–water partition coefficient (Wildman–Crippen LogP) is 4.82. The van der Waals surface area contributed by atoms with Gasteiger partial charge in [-0.05, 0) is 74.7 Å². The number of hydrogen-bond acceptors (Lipinski definition) is 3. The molecule has 0 aromatic heterocycles. The number of anilines is 1. The molecule has 0 radical (unpaired) electrons. The molecule has 164 valence electrons. The van der Waals surface area contributed by atoms with E-state index < -0.39 is 0 Å². The molecule has 0 spiro atoms. The van der Waals surface area contributed by atoms with Crippen molar-refractivity contribution in [3.8, 4) is 0 Å². The number of piperidine rings is 2. The number of nitrogens with one attached hydrogen (secondary N) is 1. The van der Waals surface area contributed by atoms with Crippen molar-refractivity contribution in [1.29, 1.82) is 0 Å². The van der Waals surface area contributed by atoms with Gasteiger partial charge < -0.3 is 10.2 Å². The van der Waals surface area contributed by atoms with Crippen molar-refractivity contribution < 1.29 is 9.59 Å². The van der Waals surface area contributed by atoms with Crippen LogP contribution in [0, 0.1) is 5.92 Å². The van der Waals surface area contributed by atoms with Crippen LogP contribution < -0.4 is 5.32 Å². The van der Waals surface area contributed by atoms with Gasteiger partial charge >= 0.3 is 0 Å². The number of likely N-dealkylation sites (tertiary alicyclic amines) is 2.